The third-order valence-corrected chi connectivity index (χ3v) is 9.53. The second kappa shape index (κ2) is 10.9. The van der Waals surface area contributed by atoms with E-state index in [0.29, 0.717) is 44.8 Å². The number of carboxylic acids is 1. The summed E-state index contributed by atoms with van der Waals surface area (Å²) in [6, 6.07) is 1.12. The molecule has 3 heterocycles. The highest BCUT2D eigenvalue weighted by Crippen LogP contribution is 2.49. The molecule has 1 aromatic carbocycles. The first-order valence-electron chi connectivity index (χ1n) is 14.4. The average molecular weight is 597 g/mol. The number of allylic oxidation sites excluding steroid dienone is 4. The number of fused-ring (bicyclic) bond motifs is 1. The van der Waals surface area contributed by atoms with Gasteiger partial charge in [-0.1, -0.05) is 11.6 Å². The van der Waals surface area contributed by atoms with E-state index in [-0.39, 0.29) is 67.2 Å². The summed E-state index contributed by atoms with van der Waals surface area (Å²) >= 11 is 0. The zero-order chi connectivity index (χ0) is 29.8. The first-order valence-corrected chi connectivity index (χ1v) is 14.4. The molecule has 1 amide bonds. The third-order valence-electron chi connectivity index (χ3n) is 9.53. The van der Waals surface area contributed by atoms with Crippen LogP contribution in [0.4, 0.5) is 22.0 Å². The van der Waals surface area contributed by atoms with Crippen molar-refractivity contribution in [3.63, 3.8) is 0 Å². The number of likely N-dealkylation sites (tertiary alicyclic amines) is 1. The van der Waals surface area contributed by atoms with Crippen molar-refractivity contribution in [2.45, 2.75) is 69.3 Å². The molecule has 1 saturated carbocycles. The smallest absolute Gasteiger partial charge is 0.416 e. The van der Waals surface area contributed by atoms with E-state index in [2.05, 4.69) is 4.90 Å². The Bertz CT molecular complexity index is 1320. The maximum Gasteiger partial charge on any atom is 0.416 e. The summed E-state index contributed by atoms with van der Waals surface area (Å²) in [5, 5.41) is 10.0. The van der Waals surface area contributed by atoms with Crippen molar-refractivity contribution in [3.05, 3.63) is 52.6 Å². The predicted molar refractivity (Wildman–Crippen MR) is 139 cm³/mol. The SMILES string of the molecule is O=C(O)[C@@H]1CN(C2CC[C@@](C(=O)N3COc4c(F)cc(C(F)(F)F)cc4C3)(C3CC3)OC2)CC[C@H]1C1=CC=C(F)CC1. The topological polar surface area (TPSA) is 79.3 Å². The molecule has 2 aliphatic carbocycles. The Morgan fingerprint density at radius 2 is 1.83 bits per heavy atom. The number of nitrogens with zero attached hydrogens (tertiary/aromatic N) is 2. The van der Waals surface area contributed by atoms with Crippen molar-refractivity contribution in [1.82, 2.24) is 9.80 Å². The minimum Gasteiger partial charge on any atom is -0.481 e. The van der Waals surface area contributed by atoms with E-state index in [4.69, 9.17) is 9.47 Å². The van der Waals surface area contributed by atoms with Crippen molar-refractivity contribution >= 4 is 11.9 Å². The summed E-state index contributed by atoms with van der Waals surface area (Å²) in [4.78, 5) is 29.5. The van der Waals surface area contributed by atoms with Crippen molar-refractivity contribution in [2.75, 3.05) is 26.4 Å². The molecule has 1 unspecified atom stereocenters. The number of hydrogen-bond acceptors (Lipinski definition) is 5. The molecule has 0 spiro atoms. The summed E-state index contributed by atoms with van der Waals surface area (Å²) in [5.74, 6) is -3.70. The molecule has 6 rings (SSSR count). The number of halogens is 5. The van der Waals surface area contributed by atoms with Crippen LogP contribution in [0.15, 0.2) is 35.7 Å². The quantitative estimate of drug-likeness (QED) is 0.456. The number of aliphatic carboxylic acids is 1. The van der Waals surface area contributed by atoms with Crippen LogP contribution in [-0.4, -0.2) is 64.9 Å². The molecular formula is C30H33F5N2O5. The van der Waals surface area contributed by atoms with Crippen LogP contribution < -0.4 is 4.74 Å². The number of carbonyl (C=O) groups excluding carboxylic acids is 1. The molecule has 3 fully saturated rings. The number of rotatable bonds is 5. The van der Waals surface area contributed by atoms with Crippen LogP contribution >= 0.6 is 0 Å². The molecule has 228 valence electrons. The number of ether oxygens (including phenoxy) is 2. The van der Waals surface area contributed by atoms with Crippen molar-refractivity contribution in [2.24, 2.45) is 17.8 Å². The first kappa shape index (κ1) is 29.1. The molecule has 0 bridgehead atoms. The Morgan fingerprint density at radius 3 is 2.45 bits per heavy atom. The van der Waals surface area contributed by atoms with Crippen LogP contribution in [0.3, 0.4) is 0 Å². The van der Waals surface area contributed by atoms with Gasteiger partial charge >= 0.3 is 12.1 Å². The van der Waals surface area contributed by atoms with E-state index in [1.54, 1.807) is 6.08 Å². The molecule has 0 aromatic heterocycles. The van der Waals surface area contributed by atoms with Gasteiger partial charge in [0.05, 0.1) is 24.6 Å². The van der Waals surface area contributed by atoms with Crippen molar-refractivity contribution < 1.29 is 46.1 Å². The lowest BCUT2D eigenvalue weighted by atomic mass is 9.76. The minimum atomic E-state index is -4.74. The van der Waals surface area contributed by atoms with Gasteiger partial charge in [0.1, 0.15) is 11.4 Å². The molecule has 1 N–H and O–H groups in total. The lowest BCUT2D eigenvalue weighted by Gasteiger charge is -2.47. The van der Waals surface area contributed by atoms with E-state index >= 15 is 0 Å². The van der Waals surface area contributed by atoms with Crippen LogP contribution in [0.2, 0.25) is 0 Å². The number of carboxylic acid groups (broad SMARTS) is 1. The lowest BCUT2D eigenvalue weighted by Crippen LogP contribution is -2.59. The molecule has 2 saturated heterocycles. The largest absolute Gasteiger partial charge is 0.481 e. The van der Waals surface area contributed by atoms with Gasteiger partial charge in [0.25, 0.3) is 5.91 Å². The van der Waals surface area contributed by atoms with Gasteiger partial charge in [-0.2, -0.15) is 13.2 Å². The van der Waals surface area contributed by atoms with Crippen LogP contribution in [0.5, 0.6) is 5.75 Å². The Kier molecular flexibility index (Phi) is 7.57. The lowest BCUT2D eigenvalue weighted by molar-refractivity contribution is -0.181. The van der Waals surface area contributed by atoms with Gasteiger partial charge in [0.2, 0.25) is 0 Å². The zero-order valence-corrected chi connectivity index (χ0v) is 23.0. The van der Waals surface area contributed by atoms with Crippen LogP contribution in [-0.2, 0) is 27.0 Å². The summed E-state index contributed by atoms with van der Waals surface area (Å²) in [5.41, 5.74) is -1.37. The summed E-state index contributed by atoms with van der Waals surface area (Å²) in [6.07, 6.45) is 2.37. The average Bonchev–Trinajstić information content (AvgIpc) is 3.82. The monoisotopic (exact) mass is 596 g/mol. The maximum absolute atomic E-state index is 14.4. The van der Waals surface area contributed by atoms with E-state index in [0.717, 1.165) is 24.5 Å². The highest BCUT2D eigenvalue weighted by molar-refractivity contribution is 5.86. The van der Waals surface area contributed by atoms with E-state index in [9.17, 15) is 36.6 Å². The molecule has 42 heavy (non-hydrogen) atoms. The fraction of sp³-hybridized carbons (Fsp3) is 0.600. The van der Waals surface area contributed by atoms with Gasteiger partial charge in [-0.25, -0.2) is 8.78 Å². The van der Waals surface area contributed by atoms with Crippen LogP contribution in [0, 0.1) is 23.6 Å². The Morgan fingerprint density at radius 1 is 1.05 bits per heavy atom. The maximum atomic E-state index is 14.4. The van der Waals surface area contributed by atoms with Gasteiger partial charge in [0, 0.05) is 24.6 Å². The molecule has 4 atom stereocenters. The van der Waals surface area contributed by atoms with Gasteiger partial charge in [0.15, 0.2) is 18.3 Å². The van der Waals surface area contributed by atoms with Crippen LogP contribution in [0.1, 0.15) is 56.1 Å². The van der Waals surface area contributed by atoms with E-state index < -0.39 is 35.0 Å². The minimum absolute atomic E-state index is 0.0326. The Labute approximate surface area is 239 Å². The second-order valence-electron chi connectivity index (χ2n) is 12.1. The molecule has 0 radical (unpaired) electrons. The molecule has 12 heteroatoms. The van der Waals surface area contributed by atoms with Crippen LogP contribution in [0.25, 0.3) is 0 Å². The number of hydrogen-bond donors (Lipinski definition) is 1. The zero-order valence-electron chi connectivity index (χ0n) is 23.0. The number of carbonyl (C=O) groups is 2. The summed E-state index contributed by atoms with van der Waals surface area (Å²) < 4.78 is 79.5. The number of alkyl halides is 3. The first-order chi connectivity index (χ1) is 20.0. The van der Waals surface area contributed by atoms with E-state index in [1.165, 1.54) is 11.0 Å². The summed E-state index contributed by atoms with van der Waals surface area (Å²) in [6.45, 7) is 0.678. The molecule has 1 aromatic rings. The molecule has 7 nitrogen and oxygen atoms in total. The standard InChI is InChI=1S/C30H33F5N2O5/c31-21-5-1-17(2-6-21)23-8-10-36(14-24(23)27(38)39)22-7-9-29(42-15-22,19-3-4-19)28(40)37-13-18-11-20(30(33,34)35)12-25(32)26(18)41-16-37/h1,5,11-12,19,22-24H,2-4,6-10,13-16H2,(H,38,39)/t22?,23-,24+,29-/m0/s1. The van der Waals surface area contributed by atoms with Crippen molar-refractivity contribution in [1.29, 1.82) is 0 Å². The van der Waals surface area contributed by atoms with Gasteiger partial charge < -0.3 is 19.5 Å². The Hall–Kier alpha value is -2.99. The number of piperidine rings is 1. The molecular weight excluding hydrogens is 563 g/mol. The highest BCUT2D eigenvalue weighted by atomic mass is 19.4. The molecule has 3 aliphatic heterocycles. The van der Waals surface area contributed by atoms with Gasteiger partial charge in [-0.3, -0.25) is 14.5 Å². The third kappa shape index (κ3) is 5.43. The fourth-order valence-electron chi connectivity index (χ4n) is 7.11. The normalized spacial score (nSPS) is 30.6. The Balaban J connectivity index is 1.13. The van der Waals surface area contributed by atoms with E-state index in [1.807, 2.05) is 0 Å². The highest BCUT2D eigenvalue weighted by Gasteiger charge is 2.56. The van der Waals surface area contributed by atoms with Gasteiger partial charge in [-0.15, -0.1) is 0 Å². The fourth-order valence-corrected chi connectivity index (χ4v) is 7.11. The molecule has 5 aliphatic rings. The number of amides is 1. The summed E-state index contributed by atoms with van der Waals surface area (Å²) in [7, 11) is 0. The number of benzene rings is 1. The van der Waals surface area contributed by atoms with Gasteiger partial charge in [-0.05, 0) is 75.1 Å². The van der Waals surface area contributed by atoms with Crippen molar-refractivity contribution in [3.8, 4) is 5.75 Å². The second-order valence-corrected chi connectivity index (χ2v) is 12.1. The predicted octanol–water partition coefficient (Wildman–Crippen LogP) is 5.45.